The SMILES string of the molecule is CN1CCN(CCN2CCNCC2)C(=O)C1=O. The van der Waals surface area contributed by atoms with Crippen LogP contribution in [0.1, 0.15) is 0 Å². The average molecular weight is 240 g/mol. The number of hydrogen-bond acceptors (Lipinski definition) is 4. The van der Waals surface area contributed by atoms with E-state index in [4.69, 9.17) is 0 Å². The molecule has 6 nitrogen and oxygen atoms in total. The second kappa shape index (κ2) is 5.46. The molecule has 2 fully saturated rings. The van der Waals surface area contributed by atoms with E-state index >= 15 is 0 Å². The number of rotatable bonds is 3. The Labute approximate surface area is 102 Å². The zero-order chi connectivity index (χ0) is 12.3. The topological polar surface area (TPSA) is 55.9 Å². The summed E-state index contributed by atoms with van der Waals surface area (Å²) < 4.78 is 0. The molecule has 17 heavy (non-hydrogen) atoms. The van der Waals surface area contributed by atoms with E-state index in [9.17, 15) is 9.59 Å². The summed E-state index contributed by atoms with van der Waals surface area (Å²) in [6, 6.07) is 0. The number of hydrogen-bond donors (Lipinski definition) is 1. The van der Waals surface area contributed by atoms with Gasteiger partial charge in [0.2, 0.25) is 0 Å². The Bertz CT molecular complexity index is 302. The maximum atomic E-state index is 11.7. The Morgan fingerprint density at radius 1 is 1.00 bits per heavy atom. The molecule has 0 unspecified atom stereocenters. The molecule has 2 saturated heterocycles. The van der Waals surface area contributed by atoms with Crippen LogP contribution < -0.4 is 5.32 Å². The Hall–Kier alpha value is -1.14. The van der Waals surface area contributed by atoms with Gasteiger partial charge in [-0.2, -0.15) is 0 Å². The number of nitrogens with zero attached hydrogens (tertiary/aromatic N) is 3. The highest BCUT2D eigenvalue weighted by molar-refractivity contribution is 6.35. The van der Waals surface area contributed by atoms with Crippen molar-refractivity contribution in [2.75, 3.05) is 59.4 Å². The smallest absolute Gasteiger partial charge is 0.312 e. The van der Waals surface area contributed by atoms with E-state index in [0.29, 0.717) is 19.6 Å². The first-order valence-corrected chi connectivity index (χ1v) is 6.16. The van der Waals surface area contributed by atoms with E-state index in [2.05, 4.69) is 10.2 Å². The molecule has 0 spiro atoms. The van der Waals surface area contributed by atoms with Crippen molar-refractivity contribution in [1.82, 2.24) is 20.0 Å². The van der Waals surface area contributed by atoms with Crippen LogP contribution in [0.3, 0.4) is 0 Å². The molecule has 0 aromatic carbocycles. The van der Waals surface area contributed by atoms with Crippen LogP contribution in [0, 0.1) is 0 Å². The summed E-state index contributed by atoms with van der Waals surface area (Å²) in [5, 5.41) is 3.29. The first-order chi connectivity index (χ1) is 8.18. The molecule has 0 atom stereocenters. The number of carbonyl (C=O) groups is 2. The molecular formula is C11H20N4O2. The van der Waals surface area contributed by atoms with Gasteiger partial charge in [-0.25, -0.2) is 0 Å². The van der Waals surface area contributed by atoms with Gasteiger partial charge in [0.1, 0.15) is 0 Å². The second-order valence-electron chi connectivity index (χ2n) is 4.61. The lowest BCUT2D eigenvalue weighted by Gasteiger charge is -2.34. The lowest BCUT2D eigenvalue weighted by atomic mass is 10.3. The summed E-state index contributed by atoms with van der Waals surface area (Å²) in [5.41, 5.74) is 0. The molecule has 0 aromatic rings. The van der Waals surface area contributed by atoms with Gasteiger partial charge in [0.05, 0.1) is 0 Å². The van der Waals surface area contributed by atoms with E-state index in [1.807, 2.05) is 0 Å². The standard InChI is InChI=1S/C11H20N4O2/c1-13-6-8-15(11(17)10(13)16)9-7-14-4-2-12-3-5-14/h12H,2-9H2,1H3. The Morgan fingerprint density at radius 3 is 2.41 bits per heavy atom. The van der Waals surface area contributed by atoms with Crippen molar-refractivity contribution in [2.45, 2.75) is 0 Å². The van der Waals surface area contributed by atoms with E-state index in [1.54, 1.807) is 11.9 Å². The number of amides is 2. The minimum Gasteiger partial charge on any atom is -0.336 e. The average Bonchev–Trinajstić information content (AvgIpc) is 2.36. The lowest BCUT2D eigenvalue weighted by Crippen LogP contribution is -2.55. The van der Waals surface area contributed by atoms with Gasteiger partial charge in [-0.1, -0.05) is 0 Å². The predicted octanol–water partition coefficient (Wildman–Crippen LogP) is -1.81. The minimum absolute atomic E-state index is 0.353. The zero-order valence-electron chi connectivity index (χ0n) is 10.3. The number of nitrogens with one attached hydrogen (secondary N) is 1. The molecule has 2 aliphatic rings. The van der Waals surface area contributed by atoms with Crippen LogP contribution in [-0.4, -0.2) is 85.9 Å². The third-order valence-corrected chi connectivity index (χ3v) is 3.42. The molecule has 2 heterocycles. The van der Waals surface area contributed by atoms with Gasteiger partial charge in [0.25, 0.3) is 0 Å². The first kappa shape index (κ1) is 12.3. The van der Waals surface area contributed by atoms with Gasteiger partial charge < -0.3 is 15.1 Å². The maximum absolute atomic E-state index is 11.7. The molecule has 2 amide bonds. The molecule has 0 aromatic heterocycles. The summed E-state index contributed by atoms with van der Waals surface area (Å²) in [4.78, 5) is 28.7. The van der Waals surface area contributed by atoms with Gasteiger partial charge in [-0.15, -0.1) is 0 Å². The van der Waals surface area contributed by atoms with Crippen LogP contribution in [0.25, 0.3) is 0 Å². The number of carbonyl (C=O) groups excluding carboxylic acids is 2. The molecule has 0 aliphatic carbocycles. The molecule has 0 saturated carbocycles. The van der Waals surface area contributed by atoms with E-state index in [0.717, 1.165) is 32.7 Å². The normalized spacial score (nSPS) is 23.4. The highest BCUT2D eigenvalue weighted by Gasteiger charge is 2.30. The van der Waals surface area contributed by atoms with Crippen molar-refractivity contribution < 1.29 is 9.59 Å². The summed E-state index contributed by atoms with van der Waals surface area (Å²) in [5.74, 6) is -0.731. The van der Waals surface area contributed by atoms with Gasteiger partial charge in [0, 0.05) is 59.4 Å². The molecule has 2 rings (SSSR count). The second-order valence-corrected chi connectivity index (χ2v) is 4.61. The zero-order valence-corrected chi connectivity index (χ0v) is 10.3. The molecule has 6 heteroatoms. The lowest BCUT2D eigenvalue weighted by molar-refractivity contribution is -0.155. The monoisotopic (exact) mass is 240 g/mol. The van der Waals surface area contributed by atoms with Crippen LogP contribution in [0.5, 0.6) is 0 Å². The van der Waals surface area contributed by atoms with Crippen LogP contribution >= 0.6 is 0 Å². The predicted molar refractivity (Wildman–Crippen MR) is 63.5 cm³/mol. The summed E-state index contributed by atoms with van der Waals surface area (Å²) in [6.45, 7) is 6.90. The molecule has 0 bridgehead atoms. The minimum atomic E-state index is -0.378. The van der Waals surface area contributed by atoms with Gasteiger partial charge in [-0.05, 0) is 0 Å². The molecule has 1 N–H and O–H groups in total. The Balaban J connectivity index is 1.78. The van der Waals surface area contributed by atoms with E-state index < -0.39 is 0 Å². The highest BCUT2D eigenvalue weighted by Crippen LogP contribution is 2.03. The highest BCUT2D eigenvalue weighted by atomic mass is 16.2. The maximum Gasteiger partial charge on any atom is 0.312 e. The first-order valence-electron chi connectivity index (χ1n) is 6.16. The van der Waals surface area contributed by atoms with Gasteiger partial charge >= 0.3 is 11.8 Å². The molecule has 96 valence electrons. The van der Waals surface area contributed by atoms with E-state index in [1.165, 1.54) is 4.90 Å². The van der Waals surface area contributed by atoms with Crippen LogP contribution in [0.4, 0.5) is 0 Å². The van der Waals surface area contributed by atoms with Crippen LogP contribution in [-0.2, 0) is 9.59 Å². The summed E-state index contributed by atoms with van der Waals surface area (Å²) >= 11 is 0. The fraction of sp³-hybridized carbons (Fsp3) is 0.818. The molecule has 0 radical (unpaired) electrons. The number of piperazine rings is 2. The Morgan fingerprint density at radius 2 is 1.71 bits per heavy atom. The van der Waals surface area contributed by atoms with Crippen LogP contribution in [0.15, 0.2) is 0 Å². The third-order valence-electron chi connectivity index (χ3n) is 3.42. The summed E-state index contributed by atoms with van der Waals surface area (Å²) in [7, 11) is 1.67. The van der Waals surface area contributed by atoms with Crippen molar-refractivity contribution in [3.63, 3.8) is 0 Å². The Kier molecular flexibility index (Phi) is 3.96. The molecule has 2 aliphatic heterocycles. The summed E-state index contributed by atoms with van der Waals surface area (Å²) in [6.07, 6.45) is 0. The largest absolute Gasteiger partial charge is 0.336 e. The van der Waals surface area contributed by atoms with Crippen molar-refractivity contribution in [3.8, 4) is 0 Å². The quantitative estimate of drug-likeness (QED) is 0.591. The fourth-order valence-electron chi connectivity index (χ4n) is 2.18. The van der Waals surface area contributed by atoms with Gasteiger partial charge in [-0.3, -0.25) is 14.5 Å². The van der Waals surface area contributed by atoms with Crippen LogP contribution in [0.2, 0.25) is 0 Å². The van der Waals surface area contributed by atoms with Crippen molar-refractivity contribution in [3.05, 3.63) is 0 Å². The van der Waals surface area contributed by atoms with Crippen molar-refractivity contribution in [1.29, 1.82) is 0 Å². The van der Waals surface area contributed by atoms with Crippen molar-refractivity contribution in [2.24, 2.45) is 0 Å². The van der Waals surface area contributed by atoms with Gasteiger partial charge in [0.15, 0.2) is 0 Å². The fourth-order valence-corrected chi connectivity index (χ4v) is 2.18. The molecular weight excluding hydrogens is 220 g/mol. The van der Waals surface area contributed by atoms with E-state index in [-0.39, 0.29) is 11.8 Å². The third kappa shape index (κ3) is 2.95. The number of likely N-dealkylation sites (N-methyl/N-ethyl adjacent to an activating group) is 1. The van der Waals surface area contributed by atoms with Crippen molar-refractivity contribution >= 4 is 11.8 Å².